The zero-order valence-corrected chi connectivity index (χ0v) is 17.7. The molecule has 0 bridgehead atoms. The average Bonchev–Trinajstić information content (AvgIpc) is 3.15. The molecule has 4 nitrogen and oxygen atoms in total. The van der Waals surface area contributed by atoms with E-state index in [4.69, 9.17) is 0 Å². The van der Waals surface area contributed by atoms with E-state index in [-0.39, 0.29) is 6.04 Å². The van der Waals surface area contributed by atoms with Crippen molar-refractivity contribution in [1.82, 2.24) is 15.4 Å². The van der Waals surface area contributed by atoms with Gasteiger partial charge in [-0.2, -0.15) is 5.48 Å². The summed E-state index contributed by atoms with van der Waals surface area (Å²) in [6, 6.07) is 12.2. The van der Waals surface area contributed by atoms with Crippen molar-refractivity contribution >= 4 is 10.9 Å². The first-order valence-corrected chi connectivity index (χ1v) is 11.3. The van der Waals surface area contributed by atoms with Crippen LogP contribution in [0.4, 0.5) is 0 Å². The smallest absolute Gasteiger partial charge is 0.0596 e. The number of hydrogen-bond donors (Lipinski definition) is 3. The Hall–Kier alpha value is -2.17. The van der Waals surface area contributed by atoms with E-state index >= 15 is 0 Å². The van der Waals surface area contributed by atoms with Crippen LogP contribution in [-0.2, 0) is 0 Å². The summed E-state index contributed by atoms with van der Waals surface area (Å²) in [4.78, 5) is 7.82. The molecule has 156 valence electrons. The van der Waals surface area contributed by atoms with Gasteiger partial charge < -0.3 is 10.2 Å². The normalized spacial score (nSPS) is 12.5. The fourth-order valence-corrected chi connectivity index (χ4v) is 4.20. The molecule has 3 aromatic rings. The SMILES string of the molecule is CCCCCCCCCCCC(NO)c1c(-c2cccnc2)[nH]c2ccccc12. The Morgan fingerprint density at radius 3 is 2.34 bits per heavy atom. The van der Waals surface area contributed by atoms with Gasteiger partial charge in [-0.15, -0.1) is 0 Å². The fraction of sp³-hybridized carbons (Fsp3) is 0.480. The minimum atomic E-state index is -0.0917. The molecule has 0 aliphatic rings. The molecule has 2 aromatic heterocycles. The summed E-state index contributed by atoms with van der Waals surface area (Å²) in [7, 11) is 0. The number of aromatic nitrogens is 2. The Kier molecular flexibility index (Phi) is 8.72. The molecule has 0 aliphatic carbocycles. The Morgan fingerprint density at radius 2 is 1.66 bits per heavy atom. The molecule has 3 rings (SSSR count). The number of fused-ring (bicyclic) bond motifs is 1. The number of benzene rings is 1. The molecule has 4 heteroatoms. The number of aromatic amines is 1. The van der Waals surface area contributed by atoms with Crippen LogP contribution in [0.1, 0.15) is 82.7 Å². The van der Waals surface area contributed by atoms with Crippen LogP contribution in [0.3, 0.4) is 0 Å². The van der Waals surface area contributed by atoms with Crippen molar-refractivity contribution in [3.05, 3.63) is 54.4 Å². The Bertz CT molecular complexity index is 844. The number of hydrogen-bond acceptors (Lipinski definition) is 3. The van der Waals surface area contributed by atoms with Gasteiger partial charge in [0.2, 0.25) is 0 Å². The third kappa shape index (κ3) is 5.91. The Labute approximate surface area is 174 Å². The zero-order chi connectivity index (χ0) is 20.3. The van der Waals surface area contributed by atoms with Gasteiger partial charge in [0.1, 0.15) is 0 Å². The zero-order valence-electron chi connectivity index (χ0n) is 17.7. The first-order chi connectivity index (χ1) is 14.3. The molecule has 0 aliphatic heterocycles. The summed E-state index contributed by atoms with van der Waals surface area (Å²) in [6.45, 7) is 2.26. The van der Waals surface area contributed by atoms with Gasteiger partial charge >= 0.3 is 0 Å². The van der Waals surface area contributed by atoms with E-state index in [1.807, 2.05) is 18.3 Å². The Balaban J connectivity index is 1.63. The molecule has 0 saturated heterocycles. The first-order valence-electron chi connectivity index (χ1n) is 11.3. The van der Waals surface area contributed by atoms with E-state index < -0.39 is 0 Å². The lowest BCUT2D eigenvalue weighted by Crippen LogP contribution is -2.17. The number of nitrogens with zero attached hydrogens (tertiary/aromatic N) is 1. The van der Waals surface area contributed by atoms with Gasteiger partial charge in [0.05, 0.1) is 11.7 Å². The number of unbranched alkanes of at least 4 members (excludes halogenated alkanes) is 8. The van der Waals surface area contributed by atoms with E-state index in [0.717, 1.165) is 40.6 Å². The highest BCUT2D eigenvalue weighted by Crippen LogP contribution is 2.36. The summed E-state index contributed by atoms with van der Waals surface area (Å²) in [6.07, 6.45) is 16.3. The fourth-order valence-electron chi connectivity index (χ4n) is 4.20. The van der Waals surface area contributed by atoms with Crippen LogP contribution in [0.15, 0.2) is 48.8 Å². The van der Waals surface area contributed by atoms with Gasteiger partial charge in [-0.25, -0.2) is 0 Å². The molecule has 0 spiro atoms. The molecule has 0 saturated carbocycles. The van der Waals surface area contributed by atoms with Gasteiger partial charge in [0.25, 0.3) is 0 Å². The standard InChI is InChI=1S/C25H35N3O/c1-2-3-4-5-6-7-8-9-10-17-23(28-29)24-21-15-11-12-16-22(21)27-25(24)20-14-13-18-26-19-20/h11-16,18-19,23,27-29H,2-10,17H2,1H3. The van der Waals surface area contributed by atoms with Crippen molar-refractivity contribution in [3.8, 4) is 11.3 Å². The van der Waals surface area contributed by atoms with E-state index in [1.54, 1.807) is 6.20 Å². The minimum Gasteiger partial charge on any atom is -0.354 e. The molecule has 1 unspecified atom stereocenters. The van der Waals surface area contributed by atoms with Crippen molar-refractivity contribution in [1.29, 1.82) is 0 Å². The van der Waals surface area contributed by atoms with Crippen molar-refractivity contribution < 1.29 is 5.21 Å². The number of nitrogens with one attached hydrogen (secondary N) is 2. The van der Waals surface area contributed by atoms with E-state index in [1.165, 1.54) is 51.4 Å². The molecule has 1 atom stereocenters. The second kappa shape index (κ2) is 11.7. The molecule has 0 radical (unpaired) electrons. The Morgan fingerprint density at radius 1 is 0.931 bits per heavy atom. The summed E-state index contributed by atoms with van der Waals surface area (Å²) < 4.78 is 0. The third-order valence-corrected chi connectivity index (χ3v) is 5.80. The topological polar surface area (TPSA) is 60.9 Å². The van der Waals surface area contributed by atoms with Crippen LogP contribution in [0.25, 0.3) is 22.2 Å². The lowest BCUT2D eigenvalue weighted by molar-refractivity contribution is 0.121. The molecule has 3 N–H and O–H groups in total. The molecular weight excluding hydrogens is 358 g/mol. The number of para-hydroxylation sites is 1. The maximum Gasteiger partial charge on any atom is 0.0596 e. The van der Waals surface area contributed by atoms with E-state index in [2.05, 4.69) is 46.6 Å². The van der Waals surface area contributed by atoms with Crippen molar-refractivity contribution in [2.75, 3.05) is 0 Å². The molecule has 29 heavy (non-hydrogen) atoms. The second-order valence-electron chi connectivity index (χ2n) is 8.00. The molecule has 0 amide bonds. The lowest BCUT2D eigenvalue weighted by Gasteiger charge is -2.17. The quantitative estimate of drug-likeness (QED) is 0.213. The summed E-state index contributed by atoms with van der Waals surface area (Å²) >= 11 is 0. The highest BCUT2D eigenvalue weighted by atomic mass is 16.5. The molecule has 0 fully saturated rings. The average molecular weight is 394 g/mol. The van der Waals surface area contributed by atoms with Gasteiger partial charge in [0.15, 0.2) is 0 Å². The summed E-state index contributed by atoms with van der Waals surface area (Å²) in [5.41, 5.74) is 6.91. The maximum absolute atomic E-state index is 9.97. The van der Waals surface area contributed by atoms with Gasteiger partial charge in [-0.1, -0.05) is 82.9 Å². The highest BCUT2D eigenvalue weighted by Gasteiger charge is 2.21. The predicted octanol–water partition coefficient (Wildman–Crippen LogP) is 7.17. The first kappa shape index (κ1) is 21.5. The third-order valence-electron chi connectivity index (χ3n) is 5.80. The lowest BCUT2D eigenvalue weighted by atomic mass is 9.95. The molecule has 1 aromatic carbocycles. The van der Waals surface area contributed by atoms with Crippen molar-refractivity contribution in [2.24, 2.45) is 0 Å². The summed E-state index contributed by atoms with van der Waals surface area (Å²) in [5, 5.41) is 11.1. The van der Waals surface area contributed by atoms with Crippen LogP contribution in [0.5, 0.6) is 0 Å². The molecular formula is C25H35N3O. The highest BCUT2D eigenvalue weighted by molar-refractivity contribution is 5.91. The second-order valence-corrected chi connectivity index (χ2v) is 8.00. The van der Waals surface area contributed by atoms with Crippen molar-refractivity contribution in [2.45, 2.75) is 77.2 Å². The molecule has 2 heterocycles. The predicted molar refractivity (Wildman–Crippen MR) is 121 cm³/mol. The minimum absolute atomic E-state index is 0.0917. The number of pyridine rings is 1. The van der Waals surface area contributed by atoms with Gasteiger partial charge in [0, 0.05) is 34.4 Å². The van der Waals surface area contributed by atoms with E-state index in [0.29, 0.717) is 0 Å². The number of rotatable bonds is 13. The van der Waals surface area contributed by atoms with E-state index in [9.17, 15) is 5.21 Å². The number of H-pyrrole nitrogens is 1. The largest absolute Gasteiger partial charge is 0.354 e. The van der Waals surface area contributed by atoms with Crippen LogP contribution in [0, 0.1) is 0 Å². The van der Waals surface area contributed by atoms with Crippen LogP contribution in [-0.4, -0.2) is 15.2 Å². The van der Waals surface area contributed by atoms with Crippen LogP contribution in [0.2, 0.25) is 0 Å². The summed E-state index contributed by atoms with van der Waals surface area (Å²) in [5.74, 6) is 0. The van der Waals surface area contributed by atoms with Crippen molar-refractivity contribution in [3.63, 3.8) is 0 Å². The van der Waals surface area contributed by atoms with Crippen LogP contribution < -0.4 is 5.48 Å². The van der Waals surface area contributed by atoms with Gasteiger partial charge in [-0.3, -0.25) is 4.98 Å². The monoisotopic (exact) mass is 393 g/mol. The number of hydroxylamine groups is 1. The van der Waals surface area contributed by atoms with Crippen LogP contribution >= 0.6 is 0 Å². The van der Waals surface area contributed by atoms with Gasteiger partial charge in [-0.05, 0) is 24.6 Å². The maximum atomic E-state index is 9.97.